The minimum absolute atomic E-state index is 0.163. The number of aryl methyl sites for hydroxylation is 1. The predicted octanol–water partition coefficient (Wildman–Crippen LogP) is 3.64. The maximum atomic E-state index is 12.6. The van der Waals surface area contributed by atoms with Gasteiger partial charge in [0.05, 0.1) is 0 Å². The van der Waals surface area contributed by atoms with Crippen LogP contribution in [0.25, 0.3) is 0 Å². The van der Waals surface area contributed by atoms with E-state index in [1.807, 2.05) is 23.1 Å². The third kappa shape index (κ3) is 4.74. The van der Waals surface area contributed by atoms with Gasteiger partial charge in [0.2, 0.25) is 0 Å². The van der Waals surface area contributed by atoms with Gasteiger partial charge in [-0.3, -0.25) is 4.79 Å². The van der Waals surface area contributed by atoms with E-state index in [0.29, 0.717) is 19.0 Å². The Labute approximate surface area is 149 Å². The fraction of sp³-hybridized carbons (Fsp3) is 0.600. The summed E-state index contributed by atoms with van der Waals surface area (Å²) in [4.78, 5) is 27.1. The van der Waals surface area contributed by atoms with Crippen LogP contribution < -0.4 is 0 Å². The third-order valence-corrected chi connectivity index (χ3v) is 5.54. The molecule has 0 aliphatic carbocycles. The molecule has 2 aliphatic rings. The largest absolute Gasteiger partial charge is 0.465 e. The van der Waals surface area contributed by atoms with Crippen LogP contribution >= 0.6 is 0 Å². The molecule has 0 atom stereocenters. The molecule has 136 valence electrons. The van der Waals surface area contributed by atoms with Crippen LogP contribution in [0.4, 0.5) is 4.79 Å². The van der Waals surface area contributed by atoms with E-state index in [2.05, 4.69) is 6.07 Å². The zero-order chi connectivity index (χ0) is 17.6. The highest BCUT2D eigenvalue weighted by Gasteiger charge is 2.22. The van der Waals surface area contributed by atoms with E-state index in [1.54, 1.807) is 0 Å². The van der Waals surface area contributed by atoms with Crippen molar-refractivity contribution in [2.24, 2.45) is 5.92 Å². The molecule has 1 aromatic rings. The minimum Gasteiger partial charge on any atom is -0.465 e. The van der Waals surface area contributed by atoms with Gasteiger partial charge in [0.25, 0.3) is 5.91 Å². The number of likely N-dealkylation sites (tertiary alicyclic amines) is 2. The lowest BCUT2D eigenvalue weighted by Crippen LogP contribution is -2.37. The van der Waals surface area contributed by atoms with Crippen molar-refractivity contribution in [2.45, 2.75) is 44.9 Å². The van der Waals surface area contributed by atoms with Crippen LogP contribution in [0.5, 0.6) is 0 Å². The van der Waals surface area contributed by atoms with Gasteiger partial charge in [-0.1, -0.05) is 12.1 Å². The maximum absolute atomic E-state index is 12.6. The second kappa shape index (κ2) is 8.37. The summed E-state index contributed by atoms with van der Waals surface area (Å²) in [6, 6.07) is 8.05. The first-order valence-corrected chi connectivity index (χ1v) is 9.49. The molecule has 1 aromatic carbocycles. The van der Waals surface area contributed by atoms with Gasteiger partial charge in [0.15, 0.2) is 0 Å². The van der Waals surface area contributed by atoms with E-state index in [9.17, 15) is 9.59 Å². The van der Waals surface area contributed by atoms with Crippen molar-refractivity contribution in [2.75, 3.05) is 26.2 Å². The van der Waals surface area contributed by atoms with Crippen LogP contribution in [-0.4, -0.2) is 53.1 Å². The van der Waals surface area contributed by atoms with Crippen molar-refractivity contribution in [3.63, 3.8) is 0 Å². The average Bonchev–Trinajstić information content (AvgIpc) is 2.67. The molecular formula is C20H28N2O3. The first-order chi connectivity index (χ1) is 12.1. The molecule has 25 heavy (non-hydrogen) atoms. The zero-order valence-corrected chi connectivity index (χ0v) is 14.8. The summed E-state index contributed by atoms with van der Waals surface area (Å²) >= 11 is 0. The summed E-state index contributed by atoms with van der Waals surface area (Å²) in [5.74, 6) is 0.744. The van der Waals surface area contributed by atoms with Gasteiger partial charge in [0, 0.05) is 31.7 Å². The molecule has 2 amide bonds. The van der Waals surface area contributed by atoms with E-state index < -0.39 is 6.09 Å². The number of carboxylic acid groups (broad SMARTS) is 1. The smallest absolute Gasteiger partial charge is 0.407 e. The summed E-state index contributed by atoms with van der Waals surface area (Å²) in [7, 11) is 0. The second-order valence-electron chi connectivity index (χ2n) is 7.30. The molecule has 0 saturated carbocycles. The number of carbonyl (C=O) groups excluding carboxylic acids is 1. The highest BCUT2D eigenvalue weighted by molar-refractivity contribution is 5.94. The Morgan fingerprint density at radius 2 is 1.72 bits per heavy atom. The zero-order valence-electron chi connectivity index (χ0n) is 14.8. The van der Waals surface area contributed by atoms with E-state index in [1.165, 1.54) is 16.9 Å². The number of piperidine rings is 2. The molecule has 1 N–H and O–H groups in total. The Morgan fingerprint density at radius 1 is 1.00 bits per heavy atom. The van der Waals surface area contributed by atoms with Crippen LogP contribution in [-0.2, 0) is 6.42 Å². The quantitative estimate of drug-likeness (QED) is 0.907. The van der Waals surface area contributed by atoms with Gasteiger partial charge >= 0.3 is 6.09 Å². The fourth-order valence-electron chi connectivity index (χ4n) is 3.92. The van der Waals surface area contributed by atoms with Crippen LogP contribution in [0.2, 0.25) is 0 Å². The lowest BCUT2D eigenvalue weighted by atomic mass is 9.90. The summed E-state index contributed by atoms with van der Waals surface area (Å²) in [5, 5.41) is 9.01. The van der Waals surface area contributed by atoms with Crippen molar-refractivity contribution in [1.82, 2.24) is 9.80 Å². The number of hydrogen-bond donors (Lipinski definition) is 1. The molecule has 5 nitrogen and oxygen atoms in total. The minimum atomic E-state index is -0.803. The molecule has 3 rings (SSSR count). The van der Waals surface area contributed by atoms with Crippen LogP contribution in [0.3, 0.4) is 0 Å². The van der Waals surface area contributed by atoms with Crippen molar-refractivity contribution >= 4 is 12.0 Å². The molecular weight excluding hydrogens is 316 g/mol. The Hall–Kier alpha value is -2.04. The molecule has 0 bridgehead atoms. The first-order valence-electron chi connectivity index (χ1n) is 9.49. The molecule has 2 saturated heterocycles. The SMILES string of the molecule is O=C(O)N1CCC(CCc2cccc(C(=O)N3CCCCC3)c2)CC1. The molecule has 2 heterocycles. The summed E-state index contributed by atoms with van der Waals surface area (Å²) in [6.45, 7) is 3.05. The van der Waals surface area contributed by atoms with Crippen LogP contribution in [0, 0.1) is 5.92 Å². The van der Waals surface area contributed by atoms with Gasteiger partial charge in [-0.15, -0.1) is 0 Å². The fourth-order valence-corrected chi connectivity index (χ4v) is 3.92. The summed E-state index contributed by atoms with van der Waals surface area (Å²) < 4.78 is 0. The molecule has 2 fully saturated rings. The monoisotopic (exact) mass is 344 g/mol. The van der Waals surface area contributed by atoms with E-state index in [4.69, 9.17) is 5.11 Å². The molecule has 0 radical (unpaired) electrons. The van der Waals surface area contributed by atoms with E-state index >= 15 is 0 Å². The second-order valence-corrected chi connectivity index (χ2v) is 7.30. The number of hydrogen-bond acceptors (Lipinski definition) is 2. The summed E-state index contributed by atoms with van der Waals surface area (Å²) in [5.41, 5.74) is 2.02. The van der Waals surface area contributed by atoms with Gasteiger partial charge in [-0.25, -0.2) is 4.79 Å². The van der Waals surface area contributed by atoms with Crippen molar-refractivity contribution in [3.05, 3.63) is 35.4 Å². The van der Waals surface area contributed by atoms with Gasteiger partial charge < -0.3 is 14.9 Å². The number of amides is 2. The topological polar surface area (TPSA) is 60.9 Å². The highest BCUT2D eigenvalue weighted by atomic mass is 16.4. The number of nitrogens with zero attached hydrogens (tertiary/aromatic N) is 2. The first kappa shape index (κ1) is 17.8. The maximum Gasteiger partial charge on any atom is 0.407 e. The van der Waals surface area contributed by atoms with Gasteiger partial charge in [0.1, 0.15) is 0 Å². The Balaban J connectivity index is 1.52. The number of rotatable bonds is 4. The lowest BCUT2D eigenvalue weighted by molar-refractivity contribution is 0.0724. The van der Waals surface area contributed by atoms with Crippen molar-refractivity contribution in [3.8, 4) is 0 Å². The van der Waals surface area contributed by atoms with E-state index in [0.717, 1.165) is 57.2 Å². The normalized spacial score (nSPS) is 19.0. The predicted molar refractivity (Wildman–Crippen MR) is 96.8 cm³/mol. The Kier molecular flexibility index (Phi) is 5.95. The lowest BCUT2D eigenvalue weighted by Gasteiger charge is -2.30. The standard InChI is InChI=1S/C20H28N2O3/c23-19(21-11-2-1-3-12-21)18-6-4-5-17(15-18)8-7-16-9-13-22(14-10-16)20(24)25/h4-6,15-16H,1-3,7-14H2,(H,24,25). The summed E-state index contributed by atoms with van der Waals surface area (Å²) in [6.07, 6.45) is 6.55. The molecule has 5 heteroatoms. The van der Waals surface area contributed by atoms with Crippen molar-refractivity contribution in [1.29, 1.82) is 0 Å². The van der Waals surface area contributed by atoms with Crippen LogP contribution in [0.1, 0.15) is 54.4 Å². The molecule has 0 aromatic heterocycles. The molecule has 0 spiro atoms. The Morgan fingerprint density at radius 3 is 2.40 bits per heavy atom. The highest BCUT2D eigenvalue weighted by Crippen LogP contribution is 2.23. The van der Waals surface area contributed by atoms with Crippen molar-refractivity contribution < 1.29 is 14.7 Å². The average molecular weight is 344 g/mol. The molecule has 0 unspecified atom stereocenters. The number of benzene rings is 1. The van der Waals surface area contributed by atoms with E-state index in [-0.39, 0.29) is 5.91 Å². The molecule has 2 aliphatic heterocycles. The van der Waals surface area contributed by atoms with Gasteiger partial charge in [-0.2, -0.15) is 0 Å². The van der Waals surface area contributed by atoms with Crippen LogP contribution in [0.15, 0.2) is 24.3 Å². The third-order valence-electron chi connectivity index (χ3n) is 5.54. The number of carbonyl (C=O) groups is 2. The van der Waals surface area contributed by atoms with Gasteiger partial charge in [-0.05, 0) is 68.6 Å². The Bertz CT molecular complexity index is 603.